The van der Waals surface area contributed by atoms with Crippen molar-refractivity contribution in [2.24, 2.45) is 0 Å². The molecule has 2 aliphatic rings. The molecule has 117 heavy (non-hydrogen) atoms. The topological polar surface area (TPSA) is 26.2 Å². The van der Waals surface area contributed by atoms with E-state index in [1.807, 2.05) is 0 Å². The van der Waals surface area contributed by atoms with Crippen LogP contribution >= 0.6 is 0 Å². The van der Waals surface area contributed by atoms with Crippen LogP contribution in [0, 0.1) is 6.92 Å². The van der Waals surface area contributed by atoms with E-state index in [1.54, 1.807) is 0 Å². The predicted molar refractivity (Wildman–Crippen MR) is 498 cm³/mol. The number of aryl methyl sites for hydroxylation is 1. The summed E-state index contributed by atoms with van der Waals surface area (Å²) in [5, 5.41) is 20.4. The Hall–Kier alpha value is -14.8. The maximum absolute atomic E-state index is 3.30. The second kappa shape index (κ2) is 26.1. The lowest BCUT2D eigenvalue weighted by atomic mass is 10.0. The Bertz CT molecular complexity index is 7590. The quantitative estimate of drug-likeness (QED) is 0.121. The van der Waals surface area contributed by atoms with E-state index < -0.39 is 16.1 Å². The number of benzene rings is 18. The van der Waals surface area contributed by atoms with Crippen LogP contribution in [-0.2, 0) is 0 Å². The van der Waals surface area contributed by atoms with Gasteiger partial charge in [0, 0.05) is 100.0 Å². The summed E-state index contributed by atoms with van der Waals surface area (Å²) in [4.78, 5) is 5.08. The summed E-state index contributed by atoms with van der Waals surface area (Å²) in [6, 6.07) is 163. The van der Waals surface area contributed by atoms with E-state index in [0.29, 0.717) is 0 Å². The molecule has 18 aromatic carbocycles. The number of rotatable bonds is 11. The molecule has 6 nitrogen and oxygen atoms in total. The first-order valence-electron chi connectivity index (χ1n) is 40.5. The molecule has 22 aromatic rings. The average molecular weight is 1520 g/mol. The summed E-state index contributed by atoms with van der Waals surface area (Å²) in [7, 11) is -6.59. The van der Waals surface area contributed by atoms with E-state index in [9.17, 15) is 0 Å². The van der Waals surface area contributed by atoms with Gasteiger partial charge in [0.15, 0.2) is 16.1 Å². The lowest BCUT2D eigenvalue weighted by Gasteiger charge is -2.45. The standard InChI is InChI=1S/C109H74N6Si2/c1-73-51-55-77(56-52-73)111-104-65-58-79(113-96-47-25-19-41-88(96)89-42-20-26-48-97(89)113)70-108(104)117(84-35-13-5-14-36-84,85-37-15-6-16-38-85)109-72-81(60-66-105(109)111)115-99-50-28-22-44-91(99)93-68-75(54-62-101(93)115)74-53-61-100-92(67-74)90-43-21-27-49-98(90)114(100)80-59-64-103-107(71-80)116(82-31-9-3-10-32-82,83-33-11-4-12-34-83)106-69-78(57-63-102(106)110(103)76-29-7-2-8-30-76)112-94-45-23-17-39-86(94)87-40-18-24-46-95(87)112/h2-72H,1H3. The summed E-state index contributed by atoms with van der Waals surface area (Å²) in [6.45, 7) is 2.18. The normalized spacial score (nSPS) is 13.4. The van der Waals surface area contributed by atoms with Gasteiger partial charge in [0.05, 0.1) is 44.1 Å². The van der Waals surface area contributed by atoms with Gasteiger partial charge in [-0.1, -0.05) is 279 Å². The number of para-hydroxylation sites is 7. The minimum Gasteiger partial charge on any atom is -0.311 e. The van der Waals surface area contributed by atoms with Crippen LogP contribution in [0.5, 0.6) is 0 Å². The molecule has 548 valence electrons. The maximum atomic E-state index is 2.58. The molecule has 0 amide bonds. The van der Waals surface area contributed by atoms with Crippen LogP contribution in [0.15, 0.2) is 431 Å². The van der Waals surface area contributed by atoms with Gasteiger partial charge in [-0.15, -0.1) is 0 Å². The van der Waals surface area contributed by atoms with Crippen molar-refractivity contribution in [3.63, 3.8) is 0 Å². The lowest BCUT2D eigenvalue weighted by molar-refractivity contribution is 1.17. The zero-order valence-corrected chi connectivity index (χ0v) is 66.2. The van der Waals surface area contributed by atoms with Crippen molar-refractivity contribution in [1.82, 2.24) is 18.3 Å². The van der Waals surface area contributed by atoms with Crippen LogP contribution in [-0.4, -0.2) is 34.4 Å². The molecule has 2 aliphatic heterocycles. The monoisotopic (exact) mass is 1520 g/mol. The maximum Gasteiger partial charge on any atom is 0.184 e. The highest BCUT2D eigenvalue weighted by molar-refractivity contribution is 7.22. The molecule has 0 atom stereocenters. The van der Waals surface area contributed by atoms with Crippen molar-refractivity contribution in [3.05, 3.63) is 436 Å². The van der Waals surface area contributed by atoms with Gasteiger partial charge in [-0.2, -0.15) is 0 Å². The number of fused-ring (bicyclic) bond motifs is 16. The third-order valence-corrected chi connectivity index (χ3v) is 35.1. The molecule has 0 aliphatic carbocycles. The molecule has 0 unspecified atom stereocenters. The van der Waals surface area contributed by atoms with Gasteiger partial charge in [0.25, 0.3) is 0 Å². The number of nitrogens with zero attached hydrogens (tertiary/aromatic N) is 6. The van der Waals surface area contributed by atoms with Crippen molar-refractivity contribution in [2.45, 2.75) is 6.92 Å². The second-order valence-electron chi connectivity index (χ2n) is 31.5. The Morgan fingerprint density at radius 2 is 0.393 bits per heavy atom. The van der Waals surface area contributed by atoms with Crippen molar-refractivity contribution in [2.75, 3.05) is 9.80 Å². The third-order valence-electron chi connectivity index (χ3n) is 25.5. The van der Waals surface area contributed by atoms with Crippen LogP contribution in [0.25, 0.3) is 121 Å². The first-order valence-corrected chi connectivity index (χ1v) is 44.5. The summed E-state index contributed by atoms with van der Waals surface area (Å²) in [6.07, 6.45) is 0. The average Bonchev–Trinajstić information content (AvgIpc) is 1.57. The number of hydrogen-bond acceptors (Lipinski definition) is 2. The van der Waals surface area contributed by atoms with E-state index in [-0.39, 0.29) is 0 Å². The van der Waals surface area contributed by atoms with E-state index in [1.165, 1.54) is 135 Å². The van der Waals surface area contributed by atoms with Crippen LogP contribution in [0.1, 0.15) is 5.56 Å². The highest BCUT2D eigenvalue weighted by Gasteiger charge is 2.52. The number of anilines is 6. The molecule has 0 bridgehead atoms. The third kappa shape index (κ3) is 9.77. The second-order valence-corrected chi connectivity index (χ2v) is 39.0. The Morgan fingerprint density at radius 3 is 0.675 bits per heavy atom. The minimum atomic E-state index is -3.30. The van der Waals surface area contributed by atoms with Gasteiger partial charge >= 0.3 is 0 Å². The molecule has 0 fully saturated rings. The summed E-state index contributed by atoms with van der Waals surface area (Å²) < 4.78 is 10.1. The van der Waals surface area contributed by atoms with Gasteiger partial charge in [-0.05, 0) is 217 Å². The molecule has 0 radical (unpaired) electrons. The first kappa shape index (κ1) is 66.8. The van der Waals surface area contributed by atoms with Crippen molar-refractivity contribution >= 4 is 179 Å². The molecule has 6 heterocycles. The Kier molecular flexibility index (Phi) is 14.9. The van der Waals surface area contributed by atoms with Gasteiger partial charge in [-0.25, -0.2) is 0 Å². The summed E-state index contributed by atoms with van der Waals surface area (Å²) in [5.41, 5.74) is 24.4. The van der Waals surface area contributed by atoms with E-state index >= 15 is 0 Å². The highest BCUT2D eigenvalue weighted by atomic mass is 28.3. The fraction of sp³-hybridized carbons (Fsp3) is 0.00917. The Morgan fingerprint density at radius 1 is 0.171 bits per heavy atom. The van der Waals surface area contributed by atoms with Crippen molar-refractivity contribution in [3.8, 4) is 33.9 Å². The Balaban J connectivity index is 0.685. The summed E-state index contributed by atoms with van der Waals surface area (Å²) >= 11 is 0. The molecule has 0 spiro atoms. The van der Waals surface area contributed by atoms with Crippen molar-refractivity contribution in [1.29, 1.82) is 0 Å². The molecule has 8 heteroatoms. The molecular weight excluding hydrogens is 1450 g/mol. The van der Waals surface area contributed by atoms with Gasteiger partial charge in [0.2, 0.25) is 0 Å². The molecule has 4 aromatic heterocycles. The zero-order valence-electron chi connectivity index (χ0n) is 64.2. The van der Waals surface area contributed by atoms with Crippen LogP contribution < -0.4 is 51.3 Å². The zero-order chi connectivity index (χ0) is 77.0. The molecule has 0 saturated carbocycles. The lowest BCUT2D eigenvalue weighted by Crippen LogP contribution is -2.77. The Labute approximate surface area is 679 Å². The highest BCUT2D eigenvalue weighted by Crippen LogP contribution is 2.46. The smallest absolute Gasteiger partial charge is 0.184 e. The SMILES string of the molecule is Cc1ccc(N2c3ccc(-n4c5ccccc5c5ccccc54)cc3[Si](c3ccccc3)(c3ccccc3)c3cc(-n4c5ccccc5c5cc(-c6ccc7c(c6)c6ccccc6n7-c6ccc7c(c6)[Si](c6ccccc6)(c6ccccc6)c6cc(-n8c9ccccc9c9ccccc98)ccc6N7c6ccccc6)ccc54)ccc32)cc1. The minimum absolute atomic E-state index is 1.12. The predicted octanol–water partition coefficient (Wildman–Crippen LogP) is 22.4. The van der Waals surface area contributed by atoms with E-state index in [0.717, 1.165) is 67.3 Å². The van der Waals surface area contributed by atoms with Gasteiger partial charge in [-0.3, -0.25) is 0 Å². The van der Waals surface area contributed by atoms with E-state index in [2.05, 4.69) is 466 Å². The van der Waals surface area contributed by atoms with E-state index in [4.69, 9.17) is 0 Å². The van der Waals surface area contributed by atoms with Crippen LogP contribution in [0.2, 0.25) is 0 Å². The van der Waals surface area contributed by atoms with Gasteiger partial charge in [0.1, 0.15) is 0 Å². The molecule has 0 N–H and O–H groups in total. The number of aromatic nitrogens is 4. The fourth-order valence-corrected chi connectivity index (χ4v) is 30.9. The van der Waals surface area contributed by atoms with Crippen molar-refractivity contribution < 1.29 is 0 Å². The number of hydrogen-bond donors (Lipinski definition) is 0. The molecule has 0 saturated heterocycles. The van der Waals surface area contributed by atoms with Gasteiger partial charge < -0.3 is 28.1 Å². The van der Waals surface area contributed by atoms with Crippen LogP contribution in [0.3, 0.4) is 0 Å². The molecule has 24 rings (SSSR count). The summed E-state index contributed by atoms with van der Waals surface area (Å²) in [5.74, 6) is 0. The fourth-order valence-electron chi connectivity index (χ4n) is 20.6. The first-order chi connectivity index (χ1) is 58.0. The van der Waals surface area contributed by atoms with Crippen LogP contribution in [0.4, 0.5) is 34.1 Å². The largest absolute Gasteiger partial charge is 0.311 e. The molecular formula is C109H74N6Si2.